The lowest BCUT2D eigenvalue weighted by Crippen LogP contribution is -2.42. The molecule has 1 heterocycles. The van der Waals surface area contributed by atoms with E-state index in [-0.39, 0.29) is 19.0 Å². The van der Waals surface area contributed by atoms with Gasteiger partial charge in [-0.15, -0.1) is 0 Å². The Hall–Kier alpha value is -2.09. The Bertz CT molecular complexity index is 635. The lowest BCUT2D eigenvalue weighted by Gasteiger charge is -2.16. The maximum Gasteiger partial charge on any atom is 0.317 e. The first-order valence-electron chi connectivity index (χ1n) is 7.18. The minimum atomic E-state index is -0.899. The Balaban J connectivity index is 1.80. The van der Waals surface area contributed by atoms with Crippen LogP contribution in [0.3, 0.4) is 0 Å². The largest absolute Gasteiger partial charge is 0.481 e. The number of amides is 3. The van der Waals surface area contributed by atoms with Gasteiger partial charge in [0.2, 0.25) is 5.91 Å². The van der Waals surface area contributed by atoms with E-state index in [2.05, 4.69) is 26.6 Å². The van der Waals surface area contributed by atoms with Crippen molar-refractivity contribution < 1.29 is 19.5 Å². The second-order valence-electron chi connectivity index (χ2n) is 5.44. The van der Waals surface area contributed by atoms with Crippen molar-refractivity contribution in [2.24, 2.45) is 5.92 Å². The predicted molar refractivity (Wildman–Crippen MR) is 88.2 cm³/mol. The van der Waals surface area contributed by atoms with Crippen molar-refractivity contribution in [2.45, 2.75) is 13.3 Å². The fourth-order valence-electron chi connectivity index (χ4n) is 2.38. The Morgan fingerprint density at radius 3 is 2.74 bits per heavy atom. The fourth-order valence-corrected chi connectivity index (χ4v) is 2.85. The van der Waals surface area contributed by atoms with E-state index in [1.54, 1.807) is 6.07 Å². The number of aryl methyl sites for hydroxylation is 1. The Labute approximate surface area is 142 Å². The fraction of sp³-hybridized carbons (Fsp3) is 0.400. The van der Waals surface area contributed by atoms with Crippen LogP contribution in [0, 0.1) is 12.8 Å². The molecule has 3 amide bonds. The molecule has 1 aromatic carbocycles. The van der Waals surface area contributed by atoms with E-state index < -0.39 is 17.9 Å². The molecule has 7 nitrogen and oxygen atoms in total. The van der Waals surface area contributed by atoms with Crippen molar-refractivity contribution >= 4 is 39.5 Å². The number of halogens is 1. The van der Waals surface area contributed by atoms with Crippen molar-refractivity contribution in [3.8, 4) is 0 Å². The molecule has 124 valence electrons. The molecule has 1 aromatic rings. The van der Waals surface area contributed by atoms with E-state index in [0.29, 0.717) is 18.7 Å². The van der Waals surface area contributed by atoms with E-state index >= 15 is 0 Å². The number of rotatable bonds is 4. The highest BCUT2D eigenvalue weighted by molar-refractivity contribution is 9.10. The zero-order chi connectivity index (χ0) is 17.0. The third-order valence-electron chi connectivity index (χ3n) is 3.69. The Morgan fingerprint density at radius 1 is 1.39 bits per heavy atom. The van der Waals surface area contributed by atoms with Gasteiger partial charge in [-0.1, -0.05) is 15.9 Å². The molecule has 0 aromatic heterocycles. The number of hydrogen-bond donors (Lipinski definition) is 3. The van der Waals surface area contributed by atoms with Crippen LogP contribution in [0.5, 0.6) is 0 Å². The van der Waals surface area contributed by atoms with Gasteiger partial charge >= 0.3 is 12.0 Å². The Morgan fingerprint density at radius 2 is 2.13 bits per heavy atom. The third-order valence-corrected chi connectivity index (χ3v) is 4.18. The molecular formula is C15H18BrN3O4. The van der Waals surface area contributed by atoms with Crippen LogP contribution in [-0.2, 0) is 9.59 Å². The van der Waals surface area contributed by atoms with Gasteiger partial charge in [-0.05, 0) is 37.1 Å². The third kappa shape index (κ3) is 4.69. The number of nitrogens with zero attached hydrogens (tertiary/aromatic N) is 1. The predicted octanol–water partition coefficient (Wildman–Crippen LogP) is 1.81. The van der Waals surface area contributed by atoms with Crippen LogP contribution in [-0.4, -0.2) is 47.5 Å². The van der Waals surface area contributed by atoms with Gasteiger partial charge < -0.3 is 20.6 Å². The molecule has 2 rings (SSSR count). The highest BCUT2D eigenvalue weighted by Crippen LogP contribution is 2.20. The number of carbonyl (C=O) groups is 3. The zero-order valence-corrected chi connectivity index (χ0v) is 14.2. The molecule has 1 fully saturated rings. The van der Waals surface area contributed by atoms with E-state index in [0.717, 1.165) is 10.0 Å². The Kier molecular flexibility index (Phi) is 5.59. The SMILES string of the molecule is Cc1cc(Br)ccc1NC(=O)CNC(=O)N1CCC(C(=O)O)C1. The monoisotopic (exact) mass is 383 g/mol. The standard InChI is InChI=1S/C15H18BrN3O4/c1-9-6-11(16)2-3-12(9)18-13(20)7-17-15(23)19-5-4-10(8-19)14(21)22/h2-3,6,10H,4-5,7-8H2,1H3,(H,17,23)(H,18,20)(H,21,22). The van der Waals surface area contributed by atoms with Gasteiger partial charge in [-0.2, -0.15) is 0 Å². The minimum Gasteiger partial charge on any atom is -0.481 e. The molecule has 8 heteroatoms. The first kappa shape index (κ1) is 17.3. The minimum absolute atomic E-state index is 0.164. The van der Waals surface area contributed by atoms with Crippen LogP contribution in [0.4, 0.5) is 10.5 Å². The number of aliphatic carboxylic acids is 1. The second kappa shape index (κ2) is 7.45. The molecule has 0 saturated carbocycles. The smallest absolute Gasteiger partial charge is 0.317 e. The van der Waals surface area contributed by atoms with Gasteiger partial charge in [0.05, 0.1) is 12.5 Å². The number of carbonyl (C=O) groups excluding carboxylic acids is 2. The molecule has 0 bridgehead atoms. The van der Waals surface area contributed by atoms with Crippen LogP contribution >= 0.6 is 15.9 Å². The first-order valence-corrected chi connectivity index (χ1v) is 7.97. The summed E-state index contributed by atoms with van der Waals surface area (Å²) >= 11 is 3.35. The van der Waals surface area contributed by atoms with E-state index in [1.165, 1.54) is 4.90 Å². The molecule has 1 aliphatic heterocycles. The van der Waals surface area contributed by atoms with Crippen LogP contribution in [0.2, 0.25) is 0 Å². The molecule has 1 aliphatic rings. The molecule has 3 N–H and O–H groups in total. The maximum atomic E-state index is 11.9. The number of carboxylic acids is 1. The van der Waals surface area contributed by atoms with Gasteiger partial charge in [-0.25, -0.2) is 4.79 Å². The lowest BCUT2D eigenvalue weighted by atomic mass is 10.1. The quantitative estimate of drug-likeness (QED) is 0.738. The lowest BCUT2D eigenvalue weighted by molar-refractivity contribution is -0.141. The molecule has 23 heavy (non-hydrogen) atoms. The number of carboxylic acid groups (broad SMARTS) is 1. The molecule has 0 aliphatic carbocycles. The van der Waals surface area contributed by atoms with Crippen molar-refractivity contribution in [1.29, 1.82) is 0 Å². The van der Waals surface area contributed by atoms with Crippen molar-refractivity contribution in [1.82, 2.24) is 10.2 Å². The van der Waals surface area contributed by atoms with E-state index in [4.69, 9.17) is 5.11 Å². The normalized spacial score (nSPS) is 17.0. The second-order valence-corrected chi connectivity index (χ2v) is 6.35. The summed E-state index contributed by atoms with van der Waals surface area (Å²) in [4.78, 5) is 36.1. The topological polar surface area (TPSA) is 98.7 Å². The van der Waals surface area contributed by atoms with Gasteiger partial charge in [0.15, 0.2) is 0 Å². The van der Waals surface area contributed by atoms with Gasteiger partial charge in [0.1, 0.15) is 0 Å². The van der Waals surface area contributed by atoms with Crippen molar-refractivity contribution in [2.75, 3.05) is 25.0 Å². The molecule has 1 atom stereocenters. The molecular weight excluding hydrogens is 366 g/mol. The summed E-state index contributed by atoms with van der Waals surface area (Å²) in [5.41, 5.74) is 1.59. The summed E-state index contributed by atoms with van der Waals surface area (Å²) in [5.74, 6) is -1.76. The van der Waals surface area contributed by atoms with Gasteiger partial charge in [0, 0.05) is 23.2 Å². The summed E-state index contributed by atoms with van der Waals surface area (Å²) in [6.07, 6.45) is 0.438. The van der Waals surface area contributed by atoms with Crippen LogP contribution in [0.15, 0.2) is 22.7 Å². The summed E-state index contributed by atoms with van der Waals surface area (Å²) < 4.78 is 0.920. The van der Waals surface area contributed by atoms with Crippen LogP contribution in [0.1, 0.15) is 12.0 Å². The molecule has 1 unspecified atom stereocenters. The maximum absolute atomic E-state index is 11.9. The van der Waals surface area contributed by atoms with E-state index in [1.807, 2.05) is 19.1 Å². The highest BCUT2D eigenvalue weighted by Gasteiger charge is 2.30. The summed E-state index contributed by atoms with van der Waals surface area (Å²) in [7, 11) is 0. The first-order chi connectivity index (χ1) is 10.9. The van der Waals surface area contributed by atoms with Crippen molar-refractivity contribution in [3.63, 3.8) is 0 Å². The molecule has 1 saturated heterocycles. The summed E-state index contributed by atoms with van der Waals surface area (Å²) in [6.45, 7) is 2.27. The van der Waals surface area contributed by atoms with Crippen molar-refractivity contribution in [3.05, 3.63) is 28.2 Å². The number of likely N-dealkylation sites (tertiary alicyclic amines) is 1. The average molecular weight is 384 g/mol. The van der Waals surface area contributed by atoms with Gasteiger partial charge in [0.25, 0.3) is 0 Å². The molecule has 0 radical (unpaired) electrons. The highest BCUT2D eigenvalue weighted by atomic mass is 79.9. The van der Waals surface area contributed by atoms with Gasteiger partial charge in [-0.3, -0.25) is 9.59 Å². The summed E-state index contributed by atoms with van der Waals surface area (Å²) in [5, 5.41) is 14.1. The van der Waals surface area contributed by atoms with Crippen LogP contribution in [0.25, 0.3) is 0 Å². The van der Waals surface area contributed by atoms with Crippen LogP contribution < -0.4 is 10.6 Å². The number of hydrogen-bond acceptors (Lipinski definition) is 3. The number of nitrogens with one attached hydrogen (secondary N) is 2. The molecule has 0 spiro atoms. The number of urea groups is 1. The average Bonchev–Trinajstić information content (AvgIpc) is 2.98. The summed E-state index contributed by atoms with van der Waals surface area (Å²) in [6, 6.07) is 5.05. The van der Waals surface area contributed by atoms with E-state index in [9.17, 15) is 14.4 Å². The number of anilines is 1. The number of benzene rings is 1. The zero-order valence-electron chi connectivity index (χ0n) is 12.6.